The van der Waals surface area contributed by atoms with E-state index in [0.29, 0.717) is 0 Å². The summed E-state index contributed by atoms with van der Waals surface area (Å²) in [4.78, 5) is 14.0. The van der Waals surface area contributed by atoms with E-state index in [0.717, 1.165) is 57.9 Å². The predicted molar refractivity (Wildman–Crippen MR) is 107 cm³/mol. The number of hydrogen-bond acceptors (Lipinski definition) is 5. The molecule has 1 aromatic carbocycles. The Labute approximate surface area is 156 Å². The first-order valence-electron chi connectivity index (χ1n) is 9.90. The number of hydrogen-bond donors (Lipinski definition) is 1. The van der Waals surface area contributed by atoms with Crippen molar-refractivity contribution in [2.24, 2.45) is 0 Å². The third-order valence-corrected chi connectivity index (χ3v) is 5.62. The van der Waals surface area contributed by atoms with Gasteiger partial charge in [-0.05, 0) is 44.7 Å². The fourth-order valence-electron chi connectivity index (χ4n) is 3.99. The number of aryl methyl sites for hydroxylation is 2. The Morgan fingerprint density at radius 3 is 2.54 bits per heavy atom. The predicted octanol–water partition coefficient (Wildman–Crippen LogP) is 2.90. The summed E-state index contributed by atoms with van der Waals surface area (Å²) in [6.45, 7) is 8.62. The van der Waals surface area contributed by atoms with Crippen molar-refractivity contribution in [3.63, 3.8) is 0 Å². The van der Waals surface area contributed by atoms with Gasteiger partial charge in [0, 0.05) is 56.2 Å². The van der Waals surface area contributed by atoms with Crippen LogP contribution in [0.3, 0.4) is 0 Å². The highest BCUT2D eigenvalue weighted by Gasteiger charge is 2.18. The van der Waals surface area contributed by atoms with Crippen molar-refractivity contribution < 1.29 is 0 Å². The van der Waals surface area contributed by atoms with Crippen LogP contribution < -0.4 is 10.2 Å². The Balaban J connectivity index is 1.25. The maximum atomic E-state index is 4.48. The van der Waals surface area contributed by atoms with Gasteiger partial charge >= 0.3 is 0 Å². The minimum absolute atomic E-state index is 0.952. The average molecular weight is 351 g/mol. The summed E-state index contributed by atoms with van der Waals surface area (Å²) in [5.74, 6) is 1.06. The van der Waals surface area contributed by atoms with E-state index in [2.05, 4.69) is 56.3 Å². The number of rotatable bonds is 5. The molecule has 0 atom stereocenters. The van der Waals surface area contributed by atoms with Crippen LogP contribution in [0.2, 0.25) is 0 Å². The second-order valence-electron chi connectivity index (χ2n) is 7.45. The first-order chi connectivity index (χ1) is 12.8. The van der Waals surface area contributed by atoms with Crippen LogP contribution in [0.4, 0.5) is 11.5 Å². The Morgan fingerprint density at radius 2 is 1.73 bits per heavy atom. The van der Waals surface area contributed by atoms with Crippen LogP contribution in [0.15, 0.2) is 30.6 Å². The maximum absolute atomic E-state index is 4.48. The quantitative estimate of drug-likeness (QED) is 0.897. The van der Waals surface area contributed by atoms with Crippen LogP contribution in [0.25, 0.3) is 0 Å². The van der Waals surface area contributed by atoms with Crippen LogP contribution in [-0.4, -0.2) is 54.1 Å². The van der Waals surface area contributed by atoms with E-state index in [9.17, 15) is 0 Å². The summed E-state index contributed by atoms with van der Waals surface area (Å²) in [6.07, 6.45) is 6.46. The van der Waals surface area contributed by atoms with Crippen molar-refractivity contribution in [3.05, 3.63) is 47.4 Å². The molecule has 138 valence electrons. The van der Waals surface area contributed by atoms with Crippen molar-refractivity contribution >= 4 is 11.5 Å². The first kappa shape index (κ1) is 17.3. The Morgan fingerprint density at radius 1 is 0.962 bits per heavy atom. The molecule has 1 fully saturated rings. The molecule has 2 aromatic rings. The van der Waals surface area contributed by atoms with E-state index in [4.69, 9.17) is 0 Å². The monoisotopic (exact) mass is 351 g/mol. The maximum Gasteiger partial charge on any atom is 0.132 e. The highest BCUT2D eigenvalue weighted by atomic mass is 15.3. The summed E-state index contributed by atoms with van der Waals surface area (Å²) in [5.41, 5.74) is 5.27. The van der Waals surface area contributed by atoms with E-state index >= 15 is 0 Å². The van der Waals surface area contributed by atoms with Crippen molar-refractivity contribution in [2.75, 3.05) is 49.5 Å². The van der Waals surface area contributed by atoms with Crippen LogP contribution in [0.1, 0.15) is 29.7 Å². The molecular weight excluding hydrogens is 322 g/mol. The SMILES string of the molecule is Cc1ccc(N2CCN(CCNc3ncnc4c3CCCC4)CC2)cc1. The molecule has 1 N–H and O–H groups in total. The van der Waals surface area contributed by atoms with Gasteiger partial charge < -0.3 is 10.2 Å². The van der Waals surface area contributed by atoms with Crippen molar-refractivity contribution in [2.45, 2.75) is 32.6 Å². The molecule has 1 saturated heterocycles. The van der Waals surface area contributed by atoms with E-state index in [1.54, 1.807) is 6.33 Å². The zero-order valence-electron chi connectivity index (χ0n) is 15.7. The second kappa shape index (κ2) is 8.04. The molecule has 0 amide bonds. The number of nitrogens with one attached hydrogen (secondary N) is 1. The summed E-state index contributed by atoms with van der Waals surface area (Å²) in [6, 6.07) is 8.89. The zero-order chi connectivity index (χ0) is 17.8. The van der Waals surface area contributed by atoms with Gasteiger partial charge in [0.15, 0.2) is 0 Å². The molecular formula is C21H29N5. The van der Waals surface area contributed by atoms with E-state index < -0.39 is 0 Å². The molecule has 4 rings (SSSR count). The number of fused-ring (bicyclic) bond motifs is 1. The molecule has 0 radical (unpaired) electrons. The molecule has 0 saturated carbocycles. The summed E-state index contributed by atoms with van der Waals surface area (Å²) in [5, 5.41) is 3.56. The highest BCUT2D eigenvalue weighted by molar-refractivity contribution is 5.48. The third kappa shape index (κ3) is 3.98. The molecule has 5 heteroatoms. The van der Waals surface area contributed by atoms with Crippen LogP contribution in [0.5, 0.6) is 0 Å². The van der Waals surface area contributed by atoms with Gasteiger partial charge in [-0.15, -0.1) is 0 Å². The lowest BCUT2D eigenvalue weighted by molar-refractivity contribution is 0.267. The molecule has 26 heavy (non-hydrogen) atoms. The number of anilines is 2. The fourth-order valence-corrected chi connectivity index (χ4v) is 3.99. The van der Waals surface area contributed by atoms with E-state index in [1.807, 2.05) is 0 Å². The van der Waals surface area contributed by atoms with Gasteiger partial charge in [-0.25, -0.2) is 9.97 Å². The van der Waals surface area contributed by atoms with Crippen LogP contribution in [-0.2, 0) is 12.8 Å². The molecule has 2 heterocycles. The van der Waals surface area contributed by atoms with Gasteiger partial charge in [0.25, 0.3) is 0 Å². The molecule has 2 aliphatic rings. The molecule has 0 bridgehead atoms. The Bertz CT molecular complexity index is 720. The molecule has 5 nitrogen and oxygen atoms in total. The largest absolute Gasteiger partial charge is 0.369 e. The molecule has 1 aliphatic heterocycles. The molecule has 1 aromatic heterocycles. The number of aromatic nitrogens is 2. The molecule has 0 unspecified atom stereocenters. The van der Waals surface area contributed by atoms with Gasteiger partial charge in [0.2, 0.25) is 0 Å². The third-order valence-electron chi connectivity index (χ3n) is 5.62. The van der Waals surface area contributed by atoms with E-state index in [-0.39, 0.29) is 0 Å². The lowest BCUT2D eigenvalue weighted by atomic mass is 9.96. The summed E-state index contributed by atoms with van der Waals surface area (Å²) >= 11 is 0. The highest BCUT2D eigenvalue weighted by Crippen LogP contribution is 2.24. The number of piperazine rings is 1. The van der Waals surface area contributed by atoms with Crippen molar-refractivity contribution in [1.82, 2.24) is 14.9 Å². The van der Waals surface area contributed by atoms with Crippen molar-refractivity contribution in [3.8, 4) is 0 Å². The molecule has 0 spiro atoms. The zero-order valence-corrected chi connectivity index (χ0v) is 15.7. The summed E-state index contributed by atoms with van der Waals surface area (Å²) in [7, 11) is 0. The summed E-state index contributed by atoms with van der Waals surface area (Å²) < 4.78 is 0. The Hall–Kier alpha value is -2.14. The average Bonchev–Trinajstić information content (AvgIpc) is 2.69. The Kier molecular flexibility index (Phi) is 5.34. The lowest BCUT2D eigenvalue weighted by Gasteiger charge is -2.36. The first-order valence-corrected chi connectivity index (χ1v) is 9.90. The second-order valence-corrected chi connectivity index (χ2v) is 7.45. The normalized spacial score (nSPS) is 17.8. The van der Waals surface area contributed by atoms with Gasteiger partial charge in [-0.2, -0.15) is 0 Å². The minimum Gasteiger partial charge on any atom is -0.369 e. The van der Waals surface area contributed by atoms with Crippen LogP contribution >= 0.6 is 0 Å². The number of nitrogens with zero attached hydrogens (tertiary/aromatic N) is 4. The topological polar surface area (TPSA) is 44.3 Å². The molecule has 1 aliphatic carbocycles. The van der Waals surface area contributed by atoms with E-state index in [1.165, 1.54) is 35.3 Å². The van der Waals surface area contributed by atoms with Gasteiger partial charge in [0.05, 0.1) is 0 Å². The lowest BCUT2D eigenvalue weighted by Crippen LogP contribution is -2.47. The minimum atomic E-state index is 0.952. The van der Waals surface area contributed by atoms with Gasteiger partial charge in [0.1, 0.15) is 12.1 Å². The van der Waals surface area contributed by atoms with Gasteiger partial charge in [-0.1, -0.05) is 17.7 Å². The fraction of sp³-hybridized carbons (Fsp3) is 0.524. The smallest absolute Gasteiger partial charge is 0.132 e. The number of benzene rings is 1. The standard InChI is InChI=1S/C21H29N5/c1-17-6-8-18(9-7-17)26-14-12-25(13-15-26)11-10-22-21-19-4-2-3-5-20(19)23-16-24-21/h6-9,16H,2-5,10-15H2,1H3,(H,22,23,24). The van der Waals surface area contributed by atoms with Crippen molar-refractivity contribution in [1.29, 1.82) is 0 Å². The van der Waals surface area contributed by atoms with Gasteiger partial charge in [-0.3, -0.25) is 4.90 Å². The van der Waals surface area contributed by atoms with Crippen LogP contribution in [0, 0.1) is 6.92 Å².